The number of pyridine rings is 1. The number of aromatic nitrogens is 1. The Labute approximate surface area is 186 Å². The highest BCUT2D eigenvalue weighted by Gasteiger charge is 2.35. The van der Waals surface area contributed by atoms with Gasteiger partial charge in [0.1, 0.15) is 11.4 Å². The van der Waals surface area contributed by atoms with Crippen LogP contribution < -0.4 is 15.2 Å². The summed E-state index contributed by atoms with van der Waals surface area (Å²) in [6.45, 7) is 3.20. The predicted molar refractivity (Wildman–Crippen MR) is 117 cm³/mol. The van der Waals surface area contributed by atoms with Gasteiger partial charge in [-0.3, -0.25) is 4.79 Å². The lowest BCUT2D eigenvalue weighted by Gasteiger charge is -2.38. The summed E-state index contributed by atoms with van der Waals surface area (Å²) in [6.07, 6.45) is -3.24. The number of aryl methyl sites for hydroxylation is 1. The second-order valence-electron chi connectivity index (χ2n) is 7.77. The fraction of sp³-hybridized carbons (Fsp3) is 0.304. The van der Waals surface area contributed by atoms with Crippen LogP contribution in [0.4, 0.5) is 28.9 Å². The molecule has 4 rings (SSSR count). The summed E-state index contributed by atoms with van der Waals surface area (Å²) in [5, 5.41) is 9.24. The number of anilines is 2. The van der Waals surface area contributed by atoms with Gasteiger partial charge in [0, 0.05) is 50.0 Å². The SMILES string of the molecule is CCn1cc(C(=O)O)c(=O)c2cc(F)c(N3CCN(c4ccccc4C(F)(F)F)CC3)cc21. The predicted octanol–water partition coefficient (Wildman–Crippen LogP) is 4.20. The van der Waals surface area contributed by atoms with Crippen molar-refractivity contribution < 1.29 is 27.5 Å². The van der Waals surface area contributed by atoms with E-state index in [9.17, 15) is 32.3 Å². The van der Waals surface area contributed by atoms with Crippen LogP contribution in [0.25, 0.3) is 10.9 Å². The first-order valence-corrected chi connectivity index (χ1v) is 10.4. The molecule has 0 unspecified atom stereocenters. The summed E-state index contributed by atoms with van der Waals surface area (Å²) >= 11 is 0. The zero-order valence-corrected chi connectivity index (χ0v) is 17.7. The van der Waals surface area contributed by atoms with Crippen LogP contribution in [0, 0.1) is 5.82 Å². The lowest BCUT2D eigenvalue weighted by molar-refractivity contribution is -0.137. The van der Waals surface area contributed by atoms with E-state index in [1.165, 1.54) is 24.4 Å². The minimum Gasteiger partial charge on any atom is -0.477 e. The maximum atomic E-state index is 15.0. The van der Waals surface area contributed by atoms with Crippen LogP contribution in [0.3, 0.4) is 0 Å². The Bertz CT molecular complexity index is 1280. The number of piperazine rings is 1. The van der Waals surface area contributed by atoms with Crippen LogP contribution in [0.15, 0.2) is 47.4 Å². The normalized spacial score (nSPS) is 14.7. The Hall–Kier alpha value is -3.56. The number of hydrogen-bond acceptors (Lipinski definition) is 4. The van der Waals surface area contributed by atoms with Crippen molar-refractivity contribution >= 4 is 28.2 Å². The van der Waals surface area contributed by atoms with E-state index in [1.807, 2.05) is 0 Å². The zero-order chi connectivity index (χ0) is 23.9. The molecular formula is C23H21F4N3O3. The summed E-state index contributed by atoms with van der Waals surface area (Å²) in [5.41, 5.74) is -1.21. The van der Waals surface area contributed by atoms with E-state index in [-0.39, 0.29) is 42.9 Å². The molecule has 0 spiro atoms. The standard InChI is InChI=1S/C23H21F4N3O3/c1-2-28-13-15(22(32)33)21(31)14-11-17(24)20(12-19(14)28)30-9-7-29(8-10-30)18-6-4-3-5-16(18)23(25,26)27/h3-6,11-13H,2,7-10H2,1H3,(H,32,33). The number of halogens is 4. The number of nitrogens with zero attached hydrogens (tertiary/aromatic N) is 3. The van der Waals surface area contributed by atoms with Gasteiger partial charge in [0.25, 0.3) is 0 Å². The molecule has 1 aromatic heterocycles. The molecule has 6 nitrogen and oxygen atoms in total. The number of alkyl halides is 3. The average molecular weight is 463 g/mol. The molecule has 174 valence electrons. The minimum atomic E-state index is -4.48. The van der Waals surface area contributed by atoms with E-state index in [1.54, 1.807) is 27.4 Å². The Kier molecular flexibility index (Phi) is 5.77. The van der Waals surface area contributed by atoms with Gasteiger partial charge in [-0.2, -0.15) is 13.2 Å². The number of fused-ring (bicyclic) bond motifs is 1. The molecule has 0 amide bonds. The molecule has 1 aliphatic rings. The first-order valence-electron chi connectivity index (χ1n) is 10.4. The summed E-state index contributed by atoms with van der Waals surface area (Å²) in [4.78, 5) is 27.2. The van der Waals surface area contributed by atoms with Gasteiger partial charge in [0.15, 0.2) is 0 Å². The van der Waals surface area contributed by atoms with Gasteiger partial charge in [0.05, 0.1) is 16.8 Å². The first kappa shape index (κ1) is 22.6. The Morgan fingerprint density at radius 2 is 1.64 bits per heavy atom. The molecule has 0 bridgehead atoms. The smallest absolute Gasteiger partial charge is 0.418 e. The highest BCUT2D eigenvalue weighted by molar-refractivity contribution is 5.93. The molecule has 33 heavy (non-hydrogen) atoms. The van der Waals surface area contributed by atoms with Crippen molar-refractivity contribution in [2.45, 2.75) is 19.6 Å². The van der Waals surface area contributed by atoms with Gasteiger partial charge in [-0.15, -0.1) is 0 Å². The van der Waals surface area contributed by atoms with Crippen molar-refractivity contribution in [2.24, 2.45) is 0 Å². The average Bonchev–Trinajstić information content (AvgIpc) is 2.79. The quantitative estimate of drug-likeness (QED) is 0.588. The third-order valence-electron chi connectivity index (χ3n) is 5.89. The van der Waals surface area contributed by atoms with Gasteiger partial charge in [0.2, 0.25) is 5.43 Å². The van der Waals surface area contributed by atoms with Crippen molar-refractivity contribution in [3.05, 3.63) is 69.8 Å². The fourth-order valence-electron chi connectivity index (χ4n) is 4.23. The van der Waals surface area contributed by atoms with E-state index < -0.39 is 34.5 Å². The van der Waals surface area contributed by atoms with Crippen LogP contribution in [0.2, 0.25) is 0 Å². The third-order valence-corrected chi connectivity index (χ3v) is 5.89. The van der Waals surface area contributed by atoms with Crippen molar-refractivity contribution in [3.63, 3.8) is 0 Å². The van der Waals surface area contributed by atoms with Crippen molar-refractivity contribution in [1.82, 2.24) is 4.57 Å². The largest absolute Gasteiger partial charge is 0.477 e. The number of aromatic carboxylic acids is 1. The molecule has 2 heterocycles. The topological polar surface area (TPSA) is 65.8 Å². The Morgan fingerprint density at radius 1 is 1.03 bits per heavy atom. The Balaban J connectivity index is 1.66. The van der Waals surface area contributed by atoms with Crippen LogP contribution in [-0.4, -0.2) is 41.8 Å². The number of carboxylic acid groups (broad SMARTS) is 1. The van der Waals surface area contributed by atoms with Crippen LogP contribution in [0.1, 0.15) is 22.8 Å². The number of rotatable bonds is 4. The van der Waals surface area contributed by atoms with Gasteiger partial charge < -0.3 is 19.5 Å². The second kappa shape index (κ2) is 8.42. The highest BCUT2D eigenvalue weighted by atomic mass is 19.4. The molecule has 1 aliphatic heterocycles. The monoisotopic (exact) mass is 463 g/mol. The minimum absolute atomic E-state index is 0.0317. The van der Waals surface area contributed by atoms with Crippen LogP contribution in [-0.2, 0) is 12.7 Å². The van der Waals surface area contributed by atoms with E-state index in [2.05, 4.69) is 0 Å². The number of carboxylic acids is 1. The summed E-state index contributed by atoms with van der Waals surface area (Å²) in [5.74, 6) is -2.07. The maximum Gasteiger partial charge on any atom is 0.418 e. The number of hydrogen-bond donors (Lipinski definition) is 1. The lowest BCUT2D eigenvalue weighted by atomic mass is 10.1. The van der Waals surface area contributed by atoms with Crippen LogP contribution in [0.5, 0.6) is 0 Å². The molecule has 1 saturated heterocycles. The van der Waals surface area contributed by atoms with Crippen LogP contribution >= 0.6 is 0 Å². The molecule has 10 heteroatoms. The number of para-hydroxylation sites is 1. The molecule has 1 N–H and O–H groups in total. The third kappa shape index (κ3) is 4.12. The van der Waals surface area contributed by atoms with E-state index in [0.717, 1.165) is 12.1 Å². The molecule has 0 atom stereocenters. The zero-order valence-electron chi connectivity index (χ0n) is 17.7. The molecule has 0 saturated carbocycles. The van der Waals surface area contributed by atoms with Crippen molar-refractivity contribution in [2.75, 3.05) is 36.0 Å². The lowest BCUT2D eigenvalue weighted by Crippen LogP contribution is -2.47. The molecule has 2 aromatic carbocycles. The molecule has 3 aromatic rings. The molecule has 0 radical (unpaired) electrons. The van der Waals surface area contributed by atoms with E-state index in [4.69, 9.17) is 0 Å². The Morgan fingerprint density at radius 3 is 2.21 bits per heavy atom. The number of carbonyl (C=O) groups is 1. The van der Waals surface area contributed by atoms with Crippen molar-refractivity contribution in [1.29, 1.82) is 0 Å². The van der Waals surface area contributed by atoms with E-state index >= 15 is 0 Å². The summed E-state index contributed by atoms with van der Waals surface area (Å²) in [7, 11) is 0. The second-order valence-corrected chi connectivity index (χ2v) is 7.77. The van der Waals surface area contributed by atoms with E-state index in [0.29, 0.717) is 12.1 Å². The highest BCUT2D eigenvalue weighted by Crippen LogP contribution is 2.37. The summed E-state index contributed by atoms with van der Waals surface area (Å²) < 4.78 is 56.7. The molecule has 0 aliphatic carbocycles. The molecule has 1 fully saturated rings. The van der Waals surface area contributed by atoms with Gasteiger partial charge in [-0.05, 0) is 31.2 Å². The van der Waals surface area contributed by atoms with Gasteiger partial charge in [-0.1, -0.05) is 12.1 Å². The van der Waals surface area contributed by atoms with Crippen molar-refractivity contribution in [3.8, 4) is 0 Å². The van der Waals surface area contributed by atoms with Gasteiger partial charge in [-0.25, -0.2) is 9.18 Å². The first-order chi connectivity index (χ1) is 15.6. The fourth-order valence-corrected chi connectivity index (χ4v) is 4.23. The summed E-state index contributed by atoms with van der Waals surface area (Å²) in [6, 6.07) is 7.90. The number of benzene rings is 2. The maximum absolute atomic E-state index is 15.0. The van der Waals surface area contributed by atoms with Gasteiger partial charge >= 0.3 is 12.1 Å². The molecular weight excluding hydrogens is 442 g/mol.